The summed E-state index contributed by atoms with van der Waals surface area (Å²) >= 11 is 0. The molecule has 0 aliphatic carbocycles. The number of hydrogen-bond acceptors (Lipinski definition) is 6. The van der Waals surface area contributed by atoms with Crippen LogP contribution in [-0.4, -0.2) is 38.0 Å². The molecule has 0 fully saturated rings. The van der Waals surface area contributed by atoms with Crippen molar-refractivity contribution in [1.82, 2.24) is 24.3 Å². The zero-order chi connectivity index (χ0) is 27.5. The third kappa shape index (κ3) is 5.39. The maximum atomic E-state index is 14.1. The van der Waals surface area contributed by atoms with E-state index in [2.05, 4.69) is 60.2 Å². The van der Waals surface area contributed by atoms with Crippen molar-refractivity contribution in [3.8, 4) is 22.8 Å². The minimum Gasteiger partial charge on any atom is -0.493 e. The van der Waals surface area contributed by atoms with E-state index in [9.17, 15) is 4.79 Å². The number of rotatable bonds is 8. The lowest BCUT2D eigenvalue weighted by Crippen LogP contribution is -2.40. The Morgan fingerprint density at radius 3 is 2.56 bits per heavy atom. The molecule has 0 unspecified atom stereocenters. The molecule has 0 bridgehead atoms. The fourth-order valence-electron chi connectivity index (χ4n) is 5.49. The Bertz CT molecular complexity index is 1590. The molecule has 0 atom stereocenters. The smallest absolute Gasteiger partial charge is 0.330 e. The van der Waals surface area contributed by atoms with Gasteiger partial charge in [0.25, 0.3) is 0 Å². The number of nitrogens with one attached hydrogen (secondary N) is 1. The summed E-state index contributed by atoms with van der Waals surface area (Å²) in [7, 11) is 1.64. The fourth-order valence-corrected chi connectivity index (χ4v) is 5.49. The number of aromatic amines is 1. The summed E-state index contributed by atoms with van der Waals surface area (Å²) in [5.41, 5.74) is 7.80. The van der Waals surface area contributed by atoms with Crippen molar-refractivity contribution in [2.75, 3.05) is 13.7 Å². The molecule has 2 aromatic heterocycles. The number of aromatic nitrogens is 5. The lowest BCUT2D eigenvalue weighted by atomic mass is 10.0. The predicted octanol–water partition coefficient (Wildman–Crippen LogP) is 4.58. The first-order valence-corrected chi connectivity index (χ1v) is 13.5. The minimum absolute atomic E-state index is 0.0630. The second kappa shape index (κ2) is 11.3. The van der Waals surface area contributed by atoms with E-state index in [4.69, 9.17) is 14.5 Å². The van der Waals surface area contributed by atoms with Crippen molar-refractivity contribution in [2.45, 2.75) is 66.5 Å². The quantitative estimate of drug-likeness (QED) is 0.361. The molecule has 2 aromatic carbocycles. The van der Waals surface area contributed by atoms with Crippen LogP contribution in [0.1, 0.15) is 47.8 Å². The van der Waals surface area contributed by atoms with E-state index in [-0.39, 0.29) is 5.69 Å². The van der Waals surface area contributed by atoms with Gasteiger partial charge in [0.2, 0.25) is 0 Å². The van der Waals surface area contributed by atoms with Crippen LogP contribution in [-0.2, 0) is 25.9 Å². The molecule has 1 N–H and O–H groups in total. The highest BCUT2D eigenvalue weighted by molar-refractivity contribution is 5.69. The topological polar surface area (TPSA) is 99.3 Å². The van der Waals surface area contributed by atoms with Crippen molar-refractivity contribution >= 4 is 5.69 Å². The Morgan fingerprint density at radius 1 is 1.08 bits per heavy atom. The zero-order valence-electron chi connectivity index (χ0n) is 23.4. The van der Waals surface area contributed by atoms with E-state index in [1.165, 1.54) is 11.9 Å². The molecule has 0 radical (unpaired) electrons. The van der Waals surface area contributed by atoms with E-state index in [1.54, 1.807) is 11.7 Å². The molecule has 0 saturated heterocycles. The predicted molar refractivity (Wildman–Crippen MR) is 151 cm³/mol. The highest BCUT2D eigenvalue weighted by Gasteiger charge is 2.21. The number of fused-ring (bicyclic) bond motifs is 3. The third-order valence-electron chi connectivity index (χ3n) is 7.21. The van der Waals surface area contributed by atoms with Gasteiger partial charge in [-0.3, -0.25) is 14.2 Å². The van der Waals surface area contributed by atoms with Crippen LogP contribution in [0.15, 0.2) is 46.4 Å². The monoisotopic (exact) mass is 528 g/mol. The zero-order valence-corrected chi connectivity index (χ0v) is 23.4. The van der Waals surface area contributed by atoms with Crippen LogP contribution in [0.25, 0.3) is 11.3 Å². The first-order chi connectivity index (χ1) is 18.9. The van der Waals surface area contributed by atoms with Gasteiger partial charge < -0.3 is 9.47 Å². The molecule has 0 spiro atoms. The van der Waals surface area contributed by atoms with Gasteiger partial charge in [-0.05, 0) is 75.8 Å². The van der Waals surface area contributed by atoms with E-state index < -0.39 is 0 Å². The summed E-state index contributed by atoms with van der Waals surface area (Å²) in [5, 5.41) is 6.85. The van der Waals surface area contributed by atoms with Gasteiger partial charge in [-0.2, -0.15) is 5.10 Å². The van der Waals surface area contributed by atoms with E-state index in [1.807, 2.05) is 17.6 Å². The largest absolute Gasteiger partial charge is 0.493 e. The van der Waals surface area contributed by atoms with Crippen molar-refractivity contribution in [2.24, 2.45) is 4.99 Å². The van der Waals surface area contributed by atoms with Gasteiger partial charge in [-0.25, -0.2) is 14.8 Å². The van der Waals surface area contributed by atoms with E-state index in [0.29, 0.717) is 37.4 Å². The maximum absolute atomic E-state index is 14.1. The number of hydrogen-bond donors (Lipinski definition) is 1. The Balaban J connectivity index is 1.71. The van der Waals surface area contributed by atoms with Gasteiger partial charge >= 0.3 is 5.69 Å². The van der Waals surface area contributed by atoms with Crippen molar-refractivity contribution in [3.05, 3.63) is 80.7 Å². The first-order valence-electron chi connectivity index (χ1n) is 13.5. The SMILES string of the molecule is CCOc1cc2c(cc1OC)-c1cc(=Nc3c(C)cc(C)cc3C)n(CCCc3ncn[nH]3)c(=O)n1CCC2. The number of nitrogens with zero attached hydrogens (tertiary/aromatic N) is 5. The van der Waals surface area contributed by atoms with Crippen LogP contribution < -0.4 is 20.7 Å². The molecule has 39 heavy (non-hydrogen) atoms. The van der Waals surface area contributed by atoms with Gasteiger partial charge in [0.1, 0.15) is 17.6 Å². The number of ether oxygens (including phenoxy) is 2. The summed E-state index contributed by atoms with van der Waals surface area (Å²) < 4.78 is 15.2. The molecule has 0 saturated carbocycles. The second-order valence-corrected chi connectivity index (χ2v) is 10.1. The molecular formula is C30H36N6O3. The second-order valence-electron chi connectivity index (χ2n) is 10.1. The fraction of sp³-hybridized carbons (Fsp3) is 0.400. The van der Waals surface area contributed by atoms with Crippen LogP contribution in [0.4, 0.5) is 5.69 Å². The minimum atomic E-state index is -0.0630. The Labute approximate surface area is 228 Å². The third-order valence-corrected chi connectivity index (χ3v) is 7.21. The van der Waals surface area contributed by atoms with Gasteiger partial charge in [0.15, 0.2) is 11.5 Å². The number of aryl methyl sites for hydroxylation is 5. The van der Waals surface area contributed by atoms with Crippen molar-refractivity contribution in [1.29, 1.82) is 0 Å². The molecule has 204 valence electrons. The van der Waals surface area contributed by atoms with Crippen LogP contribution in [0.2, 0.25) is 0 Å². The molecule has 5 rings (SSSR count). The Morgan fingerprint density at radius 2 is 1.87 bits per heavy atom. The Hall–Kier alpha value is -4.14. The van der Waals surface area contributed by atoms with Gasteiger partial charge in [-0.1, -0.05) is 17.7 Å². The van der Waals surface area contributed by atoms with E-state index >= 15 is 0 Å². The molecule has 1 aliphatic heterocycles. The van der Waals surface area contributed by atoms with Gasteiger partial charge in [0, 0.05) is 31.1 Å². The molecular weight excluding hydrogens is 492 g/mol. The van der Waals surface area contributed by atoms with Crippen LogP contribution >= 0.6 is 0 Å². The highest BCUT2D eigenvalue weighted by Crippen LogP contribution is 2.37. The van der Waals surface area contributed by atoms with E-state index in [0.717, 1.165) is 64.5 Å². The standard InChI is InChI=1S/C30H36N6O3/c1-6-39-26-15-22-9-7-11-35-24(23(22)16-25(26)38-5)17-28(33-29-20(3)13-19(2)14-21(29)4)36(30(35)37)12-8-10-27-31-18-32-34-27/h13-18H,6-12H2,1-5H3,(H,31,32,34). The van der Waals surface area contributed by atoms with Crippen LogP contribution in [0, 0.1) is 20.8 Å². The maximum Gasteiger partial charge on any atom is 0.330 e. The van der Waals surface area contributed by atoms with Crippen molar-refractivity contribution in [3.63, 3.8) is 0 Å². The average Bonchev–Trinajstić information content (AvgIpc) is 3.36. The molecule has 4 aromatic rings. The molecule has 1 aliphatic rings. The lowest BCUT2D eigenvalue weighted by Gasteiger charge is -2.18. The highest BCUT2D eigenvalue weighted by atomic mass is 16.5. The molecule has 9 heteroatoms. The van der Waals surface area contributed by atoms with Crippen LogP contribution in [0.3, 0.4) is 0 Å². The molecule has 9 nitrogen and oxygen atoms in total. The lowest BCUT2D eigenvalue weighted by molar-refractivity contribution is 0.310. The van der Waals surface area contributed by atoms with Crippen molar-refractivity contribution < 1.29 is 9.47 Å². The summed E-state index contributed by atoms with van der Waals surface area (Å²) in [4.78, 5) is 23.4. The van der Waals surface area contributed by atoms with Gasteiger partial charge in [0.05, 0.1) is 25.1 Å². The number of H-pyrrole nitrogens is 1. The average molecular weight is 529 g/mol. The van der Waals surface area contributed by atoms with Gasteiger partial charge in [-0.15, -0.1) is 0 Å². The Kier molecular flexibility index (Phi) is 7.67. The van der Waals surface area contributed by atoms with Crippen LogP contribution in [0.5, 0.6) is 11.5 Å². The summed E-state index contributed by atoms with van der Waals surface area (Å²) in [6.07, 6.45) is 4.62. The normalized spacial score (nSPS) is 13.1. The number of methoxy groups -OCH3 is 1. The first kappa shape index (κ1) is 26.5. The molecule has 3 heterocycles. The summed E-state index contributed by atoms with van der Waals surface area (Å²) in [5.74, 6) is 2.19. The number of benzene rings is 2. The molecule has 0 amide bonds. The summed E-state index contributed by atoms with van der Waals surface area (Å²) in [6.45, 7) is 9.88. The summed E-state index contributed by atoms with van der Waals surface area (Å²) in [6, 6.07) is 10.4.